The van der Waals surface area contributed by atoms with Crippen LogP contribution in [-0.2, 0) is 4.79 Å². The number of nitrogens with one attached hydrogen (secondary N) is 1. The van der Waals surface area contributed by atoms with Crippen LogP contribution in [0, 0.1) is 29.3 Å². The number of rotatable bonds is 5. The van der Waals surface area contributed by atoms with Crippen LogP contribution in [0.5, 0.6) is 0 Å². The van der Waals surface area contributed by atoms with E-state index in [9.17, 15) is 18.0 Å². The summed E-state index contributed by atoms with van der Waals surface area (Å²) in [4.78, 5) is 22.2. The fourth-order valence-electron chi connectivity index (χ4n) is 3.88. The number of carbonyl (C=O) groups is 1. The first-order valence-corrected chi connectivity index (χ1v) is 9.47. The third-order valence-corrected chi connectivity index (χ3v) is 5.57. The topological polar surface area (TPSA) is 58.1 Å². The maximum Gasteiger partial charge on any atom is 0.226 e. The summed E-state index contributed by atoms with van der Waals surface area (Å²) in [6.45, 7) is 1.90. The third-order valence-electron chi connectivity index (χ3n) is 5.57. The summed E-state index contributed by atoms with van der Waals surface area (Å²) in [5, 5.41) is 3.09. The molecule has 1 saturated heterocycles. The van der Waals surface area contributed by atoms with E-state index in [0.717, 1.165) is 25.2 Å². The molecule has 2 fully saturated rings. The van der Waals surface area contributed by atoms with Gasteiger partial charge in [0.1, 0.15) is 11.6 Å². The van der Waals surface area contributed by atoms with E-state index in [4.69, 9.17) is 0 Å². The lowest BCUT2D eigenvalue weighted by Crippen LogP contribution is -2.41. The van der Waals surface area contributed by atoms with Crippen molar-refractivity contribution >= 4 is 11.9 Å². The molecule has 28 heavy (non-hydrogen) atoms. The van der Waals surface area contributed by atoms with Gasteiger partial charge in [0.15, 0.2) is 5.82 Å². The third kappa shape index (κ3) is 3.95. The predicted molar refractivity (Wildman–Crippen MR) is 97.0 cm³/mol. The number of hydrogen-bond acceptors (Lipinski definition) is 4. The van der Waals surface area contributed by atoms with Crippen LogP contribution < -0.4 is 5.32 Å². The second kappa shape index (κ2) is 7.77. The molecule has 8 heteroatoms. The largest absolute Gasteiger partial charge is 0.354 e. The van der Waals surface area contributed by atoms with Crippen molar-refractivity contribution in [3.63, 3.8) is 0 Å². The van der Waals surface area contributed by atoms with Crippen molar-refractivity contribution in [1.29, 1.82) is 0 Å². The van der Waals surface area contributed by atoms with E-state index in [1.807, 2.05) is 0 Å². The van der Waals surface area contributed by atoms with Crippen molar-refractivity contribution in [2.75, 3.05) is 25.0 Å². The first-order chi connectivity index (χ1) is 13.5. The lowest BCUT2D eigenvalue weighted by atomic mass is 9.96. The normalized spacial score (nSPS) is 22.2. The summed E-state index contributed by atoms with van der Waals surface area (Å²) in [6, 6.07) is 3.81. The summed E-state index contributed by atoms with van der Waals surface area (Å²) in [5.74, 6) is -1.59. The molecule has 1 saturated carbocycles. The second-order valence-corrected chi connectivity index (χ2v) is 7.46. The average molecular weight is 390 g/mol. The van der Waals surface area contributed by atoms with Crippen LogP contribution in [0.2, 0.25) is 0 Å². The highest BCUT2D eigenvalue weighted by Crippen LogP contribution is 2.50. The molecule has 2 atom stereocenters. The van der Waals surface area contributed by atoms with Crippen molar-refractivity contribution in [1.82, 2.24) is 14.9 Å². The molecule has 0 radical (unpaired) electrons. The zero-order chi connectivity index (χ0) is 19.7. The Labute approximate surface area is 161 Å². The van der Waals surface area contributed by atoms with Crippen molar-refractivity contribution in [3.05, 3.63) is 53.6 Å². The lowest BCUT2D eigenvalue weighted by molar-refractivity contribution is -0.134. The van der Waals surface area contributed by atoms with Gasteiger partial charge in [-0.05, 0) is 37.3 Å². The number of benzene rings is 1. The second-order valence-electron chi connectivity index (χ2n) is 7.46. The van der Waals surface area contributed by atoms with Gasteiger partial charge in [-0.3, -0.25) is 4.79 Å². The molecule has 2 aromatic rings. The Balaban J connectivity index is 1.26. The van der Waals surface area contributed by atoms with Crippen molar-refractivity contribution in [3.8, 4) is 0 Å². The van der Waals surface area contributed by atoms with Crippen LogP contribution >= 0.6 is 0 Å². The molecule has 2 aliphatic rings. The standard InChI is InChI=1S/C20H21F3N4O/c21-13-10-25-20(26-11-13)24-9-12-4-6-27(7-5-12)19(28)15-8-14(15)18-16(22)2-1-3-17(18)23/h1-3,10-12,14-15H,4-9H2,(H,24,25,26)/t14-,15-/m0/s1. The first kappa shape index (κ1) is 18.7. The summed E-state index contributed by atoms with van der Waals surface area (Å²) in [5.41, 5.74) is 0.0410. The monoisotopic (exact) mass is 390 g/mol. The minimum atomic E-state index is -0.576. The minimum absolute atomic E-state index is 0.0130. The Morgan fingerprint density at radius 2 is 1.75 bits per heavy atom. The molecule has 1 N–H and O–H groups in total. The molecule has 2 heterocycles. The van der Waals surface area contributed by atoms with Gasteiger partial charge in [-0.1, -0.05) is 6.07 Å². The summed E-state index contributed by atoms with van der Waals surface area (Å²) in [7, 11) is 0. The highest BCUT2D eigenvalue weighted by Gasteiger charge is 2.48. The van der Waals surface area contributed by atoms with Crippen LogP contribution in [-0.4, -0.2) is 40.4 Å². The van der Waals surface area contributed by atoms with E-state index in [0.29, 0.717) is 37.9 Å². The Morgan fingerprint density at radius 3 is 2.39 bits per heavy atom. The van der Waals surface area contributed by atoms with E-state index in [-0.39, 0.29) is 23.3 Å². The van der Waals surface area contributed by atoms with Gasteiger partial charge in [-0.15, -0.1) is 0 Å². The highest BCUT2D eigenvalue weighted by molar-refractivity contribution is 5.83. The van der Waals surface area contributed by atoms with E-state index < -0.39 is 17.5 Å². The minimum Gasteiger partial charge on any atom is -0.354 e. The summed E-state index contributed by atoms with van der Waals surface area (Å²) in [6.07, 6.45) is 4.37. The molecule has 1 aliphatic carbocycles. The zero-order valence-electron chi connectivity index (χ0n) is 15.2. The van der Waals surface area contributed by atoms with Crippen molar-refractivity contribution in [2.24, 2.45) is 11.8 Å². The van der Waals surface area contributed by atoms with Gasteiger partial charge in [0.25, 0.3) is 0 Å². The molecule has 1 amide bonds. The van der Waals surface area contributed by atoms with Crippen LogP contribution in [0.1, 0.15) is 30.7 Å². The molecule has 1 aromatic carbocycles. The van der Waals surface area contributed by atoms with E-state index in [1.54, 1.807) is 4.90 Å². The maximum atomic E-state index is 13.9. The molecule has 148 valence electrons. The van der Waals surface area contributed by atoms with Gasteiger partial charge in [0.2, 0.25) is 11.9 Å². The maximum absolute atomic E-state index is 13.9. The molecule has 0 bridgehead atoms. The van der Waals surface area contributed by atoms with Gasteiger partial charge in [0, 0.05) is 37.0 Å². The number of amides is 1. The van der Waals surface area contributed by atoms with Crippen LogP contribution in [0.3, 0.4) is 0 Å². The molecule has 1 aromatic heterocycles. The fourth-order valence-corrected chi connectivity index (χ4v) is 3.88. The first-order valence-electron chi connectivity index (χ1n) is 9.47. The van der Waals surface area contributed by atoms with Gasteiger partial charge < -0.3 is 10.2 Å². The van der Waals surface area contributed by atoms with Gasteiger partial charge in [-0.25, -0.2) is 23.1 Å². The number of aromatic nitrogens is 2. The van der Waals surface area contributed by atoms with E-state index in [1.165, 1.54) is 18.2 Å². The molecular formula is C20H21F3N4O. The number of hydrogen-bond donors (Lipinski definition) is 1. The van der Waals surface area contributed by atoms with Crippen molar-refractivity contribution in [2.45, 2.75) is 25.2 Å². The SMILES string of the molecule is O=C([C@H]1C[C@@H]1c1c(F)cccc1F)N1CCC(CNc2ncc(F)cn2)CC1. The number of anilines is 1. The predicted octanol–water partition coefficient (Wildman–Crippen LogP) is 3.35. The smallest absolute Gasteiger partial charge is 0.226 e. The molecular weight excluding hydrogens is 369 g/mol. The summed E-state index contributed by atoms with van der Waals surface area (Å²) < 4.78 is 40.6. The number of halogens is 3. The molecule has 0 spiro atoms. The fraction of sp³-hybridized carbons (Fsp3) is 0.450. The zero-order valence-corrected chi connectivity index (χ0v) is 15.2. The Bertz CT molecular complexity index is 833. The molecule has 0 unspecified atom stereocenters. The van der Waals surface area contributed by atoms with Gasteiger partial charge in [0.05, 0.1) is 12.4 Å². The quantitative estimate of drug-likeness (QED) is 0.851. The average Bonchev–Trinajstić information content (AvgIpc) is 3.48. The number of likely N-dealkylation sites (tertiary alicyclic amines) is 1. The Morgan fingerprint density at radius 1 is 1.11 bits per heavy atom. The molecule has 5 nitrogen and oxygen atoms in total. The lowest BCUT2D eigenvalue weighted by Gasteiger charge is -2.32. The van der Waals surface area contributed by atoms with Gasteiger partial charge >= 0.3 is 0 Å². The van der Waals surface area contributed by atoms with E-state index in [2.05, 4.69) is 15.3 Å². The van der Waals surface area contributed by atoms with Crippen LogP contribution in [0.25, 0.3) is 0 Å². The highest BCUT2D eigenvalue weighted by atomic mass is 19.1. The van der Waals surface area contributed by atoms with Gasteiger partial charge in [-0.2, -0.15) is 0 Å². The van der Waals surface area contributed by atoms with E-state index >= 15 is 0 Å². The molecule has 1 aliphatic heterocycles. The number of piperidine rings is 1. The summed E-state index contributed by atoms with van der Waals surface area (Å²) >= 11 is 0. The Kier molecular flexibility index (Phi) is 5.19. The number of carbonyl (C=O) groups excluding carboxylic acids is 1. The van der Waals surface area contributed by atoms with Crippen molar-refractivity contribution < 1.29 is 18.0 Å². The number of nitrogens with zero attached hydrogens (tertiary/aromatic N) is 3. The molecule has 4 rings (SSSR count). The van der Waals surface area contributed by atoms with Crippen LogP contribution in [0.15, 0.2) is 30.6 Å². The van der Waals surface area contributed by atoms with Crippen LogP contribution in [0.4, 0.5) is 19.1 Å². The Hall–Kier alpha value is -2.64.